The Morgan fingerprint density at radius 3 is 2.82 bits per heavy atom. The quantitative estimate of drug-likeness (QED) is 0.469. The maximum Gasteiger partial charge on any atom is 0.230 e. The molecule has 0 aliphatic heterocycles. The van der Waals surface area contributed by atoms with Crippen LogP contribution >= 0.6 is 23.4 Å². The molecule has 4 rings (SSSR count). The maximum atomic E-state index is 12.1. The summed E-state index contributed by atoms with van der Waals surface area (Å²) in [4.78, 5) is 19.7. The lowest BCUT2D eigenvalue weighted by Crippen LogP contribution is -2.24. The number of fused-ring (bicyclic) bond motifs is 3. The summed E-state index contributed by atoms with van der Waals surface area (Å²) in [5.74, 6) is 0.882. The lowest BCUT2D eigenvalue weighted by atomic mass is 10.2. The zero-order valence-corrected chi connectivity index (χ0v) is 16.5. The number of ether oxygens (including phenoxy) is 1. The van der Waals surface area contributed by atoms with Crippen LogP contribution in [0.4, 0.5) is 0 Å². The van der Waals surface area contributed by atoms with E-state index in [1.165, 1.54) is 11.8 Å². The van der Waals surface area contributed by atoms with Gasteiger partial charge in [-0.05, 0) is 35.9 Å². The SMILES string of the molecule is COc1ccc(CNC(=O)CSc2nnc3c(n2)[nH]c2ccc(Cl)cc23)cc1. The van der Waals surface area contributed by atoms with Crippen LogP contribution in [-0.4, -0.2) is 38.9 Å². The second kappa shape index (κ2) is 8.04. The van der Waals surface area contributed by atoms with Crippen LogP contribution in [0.25, 0.3) is 22.1 Å². The molecule has 142 valence electrons. The highest BCUT2D eigenvalue weighted by Crippen LogP contribution is 2.26. The number of hydrogen-bond acceptors (Lipinski definition) is 6. The van der Waals surface area contributed by atoms with Gasteiger partial charge in [-0.3, -0.25) is 4.79 Å². The van der Waals surface area contributed by atoms with Gasteiger partial charge in [-0.25, -0.2) is 4.98 Å². The molecule has 0 aliphatic carbocycles. The van der Waals surface area contributed by atoms with Crippen molar-refractivity contribution in [1.82, 2.24) is 25.5 Å². The third kappa shape index (κ3) is 4.02. The molecule has 0 saturated heterocycles. The number of halogens is 1. The number of aromatic nitrogens is 4. The molecule has 28 heavy (non-hydrogen) atoms. The summed E-state index contributed by atoms with van der Waals surface area (Å²) in [6, 6.07) is 13.0. The Morgan fingerprint density at radius 2 is 2.04 bits per heavy atom. The number of rotatable bonds is 6. The number of thioether (sulfide) groups is 1. The Labute approximate surface area is 169 Å². The highest BCUT2D eigenvalue weighted by molar-refractivity contribution is 7.99. The Balaban J connectivity index is 1.37. The van der Waals surface area contributed by atoms with Gasteiger partial charge in [0.25, 0.3) is 0 Å². The lowest BCUT2D eigenvalue weighted by molar-refractivity contribution is -0.118. The van der Waals surface area contributed by atoms with Crippen molar-refractivity contribution in [2.24, 2.45) is 0 Å². The second-order valence-corrected chi connectivity index (χ2v) is 7.40. The molecule has 0 aliphatic rings. The van der Waals surface area contributed by atoms with E-state index in [0.717, 1.165) is 22.2 Å². The number of amides is 1. The molecule has 0 saturated carbocycles. The van der Waals surface area contributed by atoms with Crippen molar-refractivity contribution in [3.05, 3.63) is 53.1 Å². The molecule has 9 heteroatoms. The van der Waals surface area contributed by atoms with E-state index >= 15 is 0 Å². The smallest absolute Gasteiger partial charge is 0.230 e. The van der Waals surface area contributed by atoms with Crippen LogP contribution in [0.2, 0.25) is 5.02 Å². The number of carbonyl (C=O) groups excluding carboxylic acids is 1. The lowest BCUT2D eigenvalue weighted by Gasteiger charge is -2.06. The van der Waals surface area contributed by atoms with Gasteiger partial charge in [0.1, 0.15) is 11.3 Å². The first-order chi connectivity index (χ1) is 13.6. The average Bonchev–Trinajstić information content (AvgIpc) is 3.08. The fourth-order valence-corrected chi connectivity index (χ4v) is 3.50. The minimum atomic E-state index is -0.104. The zero-order valence-electron chi connectivity index (χ0n) is 14.9. The zero-order chi connectivity index (χ0) is 19.5. The number of nitrogens with one attached hydrogen (secondary N) is 2. The van der Waals surface area contributed by atoms with Crippen molar-refractivity contribution in [1.29, 1.82) is 0 Å². The van der Waals surface area contributed by atoms with Gasteiger partial charge in [0.05, 0.1) is 12.9 Å². The van der Waals surface area contributed by atoms with Gasteiger partial charge < -0.3 is 15.0 Å². The molecule has 2 aromatic heterocycles. The normalized spacial score (nSPS) is 11.1. The summed E-state index contributed by atoms with van der Waals surface area (Å²) in [6.07, 6.45) is 0. The summed E-state index contributed by atoms with van der Waals surface area (Å²) < 4.78 is 5.12. The van der Waals surface area contributed by atoms with Gasteiger partial charge in [-0.2, -0.15) is 0 Å². The Bertz CT molecular complexity index is 1150. The van der Waals surface area contributed by atoms with Crippen LogP contribution in [-0.2, 0) is 11.3 Å². The van der Waals surface area contributed by atoms with E-state index in [1.807, 2.05) is 36.4 Å². The molecule has 1 amide bonds. The van der Waals surface area contributed by atoms with Gasteiger partial charge in [0, 0.05) is 22.5 Å². The topological polar surface area (TPSA) is 92.8 Å². The highest BCUT2D eigenvalue weighted by atomic mass is 35.5. The van der Waals surface area contributed by atoms with Crippen molar-refractivity contribution >= 4 is 51.3 Å². The average molecular weight is 414 g/mol. The van der Waals surface area contributed by atoms with E-state index < -0.39 is 0 Å². The van der Waals surface area contributed by atoms with Crippen LogP contribution < -0.4 is 10.1 Å². The first-order valence-corrected chi connectivity index (χ1v) is 9.83. The number of carbonyl (C=O) groups is 1. The van der Waals surface area contributed by atoms with Gasteiger partial charge in [-0.15, -0.1) is 10.2 Å². The van der Waals surface area contributed by atoms with Crippen LogP contribution in [0.3, 0.4) is 0 Å². The third-order valence-corrected chi connectivity index (χ3v) is 5.21. The monoisotopic (exact) mass is 413 g/mol. The van der Waals surface area contributed by atoms with E-state index in [2.05, 4.69) is 25.5 Å². The Hall–Kier alpha value is -2.84. The molecule has 2 heterocycles. The number of benzene rings is 2. The summed E-state index contributed by atoms with van der Waals surface area (Å²) in [5.41, 5.74) is 3.16. The Morgan fingerprint density at radius 1 is 1.21 bits per heavy atom. The predicted octanol–water partition coefficient (Wildman–Crippen LogP) is 3.58. The standard InChI is InChI=1S/C19H16ClN5O2S/c1-27-13-5-2-11(3-6-13)9-21-16(26)10-28-19-23-18-17(24-25-19)14-8-12(20)4-7-15(14)22-18/h2-8H,9-10H2,1H3,(H,21,26)(H,22,23,25). The van der Waals surface area contributed by atoms with Crippen LogP contribution in [0.5, 0.6) is 5.75 Å². The van der Waals surface area contributed by atoms with Crippen molar-refractivity contribution in [3.63, 3.8) is 0 Å². The molecular formula is C19H16ClN5O2S. The summed E-state index contributed by atoms with van der Waals surface area (Å²) >= 11 is 7.28. The first kappa shape index (κ1) is 18.5. The molecular weight excluding hydrogens is 398 g/mol. The predicted molar refractivity (Wildman–Crippen MR) is 110 cm³/mol. The molecule has 0 bridgehead atoms. The van der Waals surface area contributed by atoms with E-state index in [9.17, 15) is 4.79 Å². The van der Waals surface area contributed by atoms with Crippen molar-refractivity contribution < 1.29 is 9.53 Å². The molecule has 0 spiro atoms. The third-order valence-electron chi connectivity index (χ3n) is 4.14. The number of nitrogens with zero attached hydrogens (tertiary/aromatic N) is 3. The van der Waals surface area contributed by atoms with E-state index in [0.29, 0.717) is 27.9 Å². The number of hydrogen-bond donors (Lipinski definition) is 2. The molecule has 0 radical (unpaired) electrons. The second-order valence-electron chi connectivity index (χ2n) is 6.02. The summed E-state index contributed by atoms with van der Waals surface area (Å²) in [7, 11) is 1.62. The molecule has 0 atom stereocenters. The Kier molecular flexibility index (Phi) is 5.31. The number of H-pyrrole nitrogens is 1. The van der Waals surface area contributed by atoms with E-state index in [1.54, 1.807) is 13.2 Å². The number of aromatic amines is 1. The fraction of sp³-hybridized carbons (Fsp3) is 0.158. The number of methoxy groups -OCH3 is 1. The van der Waals surface area contributed by atoms with Crippen molar-refractivity contribution in [2.45, 2.75) is 11.7 Å². The minimum absolute atomic E-state index is 0.104. The fourth-order valence-electron chi connectivity index (χ4n) is 2.71. The molecule has 0 fully saturated rings. The maximum absolute atomic E-state index is 12.1. The molecule has 0 unspecified atom stereocenters. The molecule has 4 aromatic rings. The largest absolute Gasteiger partial charge is 0.497 e. The van der Waals surface area contributed by atoms with Crippen LogP contribution in [0, 0.1) is 0 Å². The van der Waals surface area contributed by atoms with Crippen LogP contribution in [0.15, 0.2) is 47.6 Å². The van der Waals surface area contributed by atoms with Gasteiger partial charge in [0.2, 0.25) is 11.1 Å². The van der Waals surface area contributed by atoms with E-state index in [-0.39, 0.29) is 11.7 Å². The molecule has 2 aromatic carbocycles. The van der Waals surface area contributed by atoms with Gasteiger partial charge in [-0.1, -0.05) is 35.5 Å². The van der Waals surface area contributed by atoms with Crippen molar-refractivity contribution in [3.8, 4) is 5.75 Å². The highest BCUT2D eigenvalue weighted by Gasteiger charge is 2.11. The van der Waals surface area contributed by atoms with Gasteiger partial charge in [0.15, 0.2) is 5.65 Å². The molecule has 7 nitrogen and oxygen atoms in total. The minimum Gasteiger partial charge on any atom is -0.497 e. The summed E-state index contributed by atoms with van der Waals surface area (Å²) in [5, 5.41) is 13.2. The van der Waals surface area contributed by atoms with Crippen molar-refractivity contribution in [2.75, 3.05) is 12.9 Å². The van der Waals surface area contributed by atoms with E-state index in [4.69, 9.17) is 16.3 Å². The molecule has 2 N–H and O–H groups in total. The van der Waals surface area contributed by atoms with Gasteiger partial charge >= 0.3 is 0 Å². The van der Waals surface area contributed by atoms with Crippen LogP contribution in [0.1, 0.15) is 5.56 Å². The summed E-state index contributed by atoms with van der Waals surface area (Å²) in [6.45, 7) is 0.449. The first-order valence-electron chi connectivity index (χ1n) is 8.46.